The summed E-state index contributed by atoms with van der Waals surface area (Å²) in [7, 11) is 0. The molecular weight excluding hydrogens is 232 g/mol. The van der Waals surface area contributed by atoms with Crippen molar-refractivity contribution < 1.29 is 19.2 Å². The lowest BCUT2D eigenvalue weighted by molar-refractivity contribution is -0.394. The Morgan fingerprint density at radius 3 is 2.88 bits per heavy atom. The van der Waals surface area contributed by atoms with E-state index >= 15 is 0 Å². The summed E-state index contributed by atoms with van der Waals surface area (Å²) in [5, 5.41) is 22.5. The molecule has 0 fully saturated rings. The third kappa shape index (κ3) is 2.27. The maximum Gasteiger partial charge on any atom is 0.490 e. The molecule has 0 radical (unpaired) electrons. The summed E-state index contributed by atoms with van der Waals surface area (Å²) in [6, 6.07) is 2.75. The summed E-state index contributed by atoms with van der Waals surface area (Å²) >= 11 is 0. The Morgan fingerprint density at radius 1 is 1.59 bits per heavy atom. The van der Waals surface area contributed by atoms with Crippen molar-refractivity contribution in [2.45, 2.75) is 6.54 Å². The second-order valence-corrected chi connectivity index (χ2v) is 3.07. The zero-order valence-corrected chi connectivity index (χ0v) is 8.31. The molecule has 9 heteroatoms. The van der Waals surface area contributed by atoms with E-state index in [9.17, 15) is 14.9 Å². The van der Waals surface area contributed by atoms with Gasteiger partial charge in [0.05, 0.1) is 0 Å². The maximum absolute atomic E-state index is 10.5. The van der Waals surface area contributed by atoms with E-state index in [4.69, 9.17) is 9.52 Å². The largest absolute Gasteiger partial charge is 0.490 e. The highest BCUT2D eigenvalue weighted by Crippen LogP contribution is 2.10. The van der Waals surface area contributed by atoms with Gasteiger partial charge in [0, 0.05) is 5.10 Å². The SMILES string of the molecule is O=C(O)c1ccc(Cn2cnc([N+](=O)[O-])n2)o1. The first-order valence-corrected chi connectivity index (χ1v) is 4.42. The fraction of sp³-hybridized carbons (Fsp3) is 0.125. The summed E-state index contributed by atoms with van der Waals surface area (Å²) < 4.78 is 6.14. The van der Waals surface area contributed by atoms with E-state index in [0.29, 0.717) is 5.76 Å². The number of furan rings is 1. The standard InChI is InChI=1S/C8H6N4O5/c13-7(14)6-2-1-5(17-6)3-11-4-9-8(10-11)12(15)16/h1-2,4H,3H2,(H,13,14). The molecule has 0 spiro atoms. The number of carboxylic acid groups (broad SMARTS) is 1. The third-order valence-corrected chi connectivity index (χ3v) is 1.88. The molecule has 1 N–H and O–H groups in total. The minimum Gasteiger partial charge on any atom is -0.475 e. The van der Waals surface area contributed by atoms with Crippen molar-refractivity contribution in [1.29, 1.82) is 0 Å². The highest BCUT2D eigenvalue weighted by molar-refractivity contribution is 5.84. The summed E-state index contributed by atoms with van der Waals surface area (Å²) in [6.45, 7) is 0.0775. The number of hydrogen-bond donors (Lipinski definition) is 1. The average Bonchev–Trinajstić information content (AvgIpc) is 2.87. The van der Waals surface area contributed by atoms with Gasteiger partial charge >= 0.3 is 11.9 Å². The number of nitro groups is 1. The molecule has 0 saturated carbocycles. The fourth-order valence-electron chi connectivity index (χ4n) is 1.18. The van der Waals surface area contributed by atoms with E-state index in [1.165, 1.54) is 23.1 Å². The van der Waals surface area contributed by atoms with Gasteiger partial charge in [-0.05, 0) is 17.1 Å². The van der Waals surface area contributed by atoms with Gasteiger partial charge in [-0.2, -0.15) is 4.68 Å². The predicted octanol–water partition coefficient (Wildman–Crippen LogP) is 0.526. The van der Waals surface area contributed by atoms with Crippen LogP contribution in [-0.2, 0) is 6.54 Å². The number of aromatic carboxylic acids is 1. The number of carboxylic acids is 1. The highest BCUT2D eigenvalue weighted by Gasteiger charge is 2.15. The van der Waals surface area contributed by atoms with Crippen LogP contribution in [0.2, 0.25) is 0 Å². The molecule has 0 saturated heterocycles. The number of nitrogens with zero attached hydrogens (tertiary/aromatic N) is 4. The summed E-state index contributed by atoms with van der Waals surface area (Å²) in [6.07, 6.45) is 1.17. The Balaban J connectivity index is 2.13. The van der Waals surface area contributed by atoms with Gasteiger partial charge in [0.2, 0.25) is 12.1 Å². The Hall–Kier alpha value is -2.71. The van der Waals surface area contributed by atoms with Crippen LogP contribution in [0, 0.1) is 10.1 Å². The lowest BCUT2D eigenvalue weighted by atomic mass is 10.4. The van der Waals surface area contributed by atoms with Crippen molar-refractivity contribution in [2.75, 3.05) is 0 Å². The zero-order valence-electron chi connectivity index (χ0n) is 8.31. The number of carbonyl (C=O) groups is 1. The molecule has 2 aromatic heterocycles. The van der Waals surface area contributed by atoms with Crippen molar-refractivity contribution in [3.05, 3.63) is 40.1 Å². The molecular formula is C8H6N4O5. The van der Waals surface area contributed by atoms with Crippen molar-refractivity contribution in [1.82, 2.24) is 14.8 Å². The van der Waals surface area contributed by atoms with Gasteiger partial charge in [-0.25, -0.2) is 4.79 Å². The van der Waals surface area contributed by atoms with Crippen LogP contribution in [0.25, 0.3) is 0 Å². The molecule has 0 aliphatic heterocycles. The van der Waals surface area contributed by atoms with E-state index in [2.05, 4.69) is 10.1 Å². The van der Waals surface area contributed by atoms with E-state index in [1.54, 1.807) is 0 Å². The van der Waals surface area contributed by atoms with Crippen molar-refractivity contribution in [3.63, 3.8) is 0 Å². The first kappa shape index (κ1) is 10.8. The highest BCUT2D eigenvalue weighted by atomic mass is 16.6. The van der Waals surface area contributed by atoms with Gasteiger partial charge in [-0.1, -0.05) is 4.98 Å². The molecule has 88 valence electrons. The minimum atomic E-state index is -1.18. The van der Waals surface area contributed by atoms with Crippen LogP contribution in [0.15, 0.2) is 22.9 Å². The third-order valence-electron chi connectivity index (χ3n) is 1.88. The zero-order chi connectivity index (χ0) is 12.4. The Labute approximate surface area is 93.4 Å². The quantitative estimate of drug-likeness (QED) is 0.608. The van der Waals surface area contributed by atoms with Crippen molar-refractivity contribution in [3.8, 4) is 0 Å². The van der Waals surface area contributed by atoms with Crippen LogP contribution in [0.1, 0.15) is 16.3 Å². The summed E-state index contributed by atoms with van der Waals surface area (Å²) in [5.41, 5.74) is 0. The van der Waals surface area contributed by atoms with Crippen molar-refractivity contribution in [2.24, 2.45) is 0 Å². The maximum atomic E-state index is 10.5. The van der Waals surface area contributed by atoms with Gasteiger partial charge in [-0.15, -0.1) is 0 Å². The lowest BCUT2D eigenvalue weighted by Crippen LogP contribution is -2.00. The topological polar surface area (TPSA) is 124 Å². The van der Waals surface area contributed by atoms with Crippen LogP contribution in [0.4, 0.5) is 5.95 Å². The van der Waals surface area contributed by atoms with Gasteiger partial charge < -0.3 is 19.6 Å². The monoisotopic (exact) mass is 238 g/mol. The van der Waals surface area contributed by atoms with E-state index in [1.807, 2.05) is 0 Å². The van der Waals surface area contributed by atoms with Crippen LogP contribution in [-0.4, -0.2) is 30.8 Å². The molecule has 2 aromatic rings. The molecule has 17 heavy (non-hydrogen) atoms. The Morgan fingerprint density at radius 2 is 2.35 bits per heavy atom. The molecule has 0 aliphatic rings. The van der Waals surface area contributed by atoms with Gasteiger partial charge in [-0.3, -0.25) is 0 Å². The van der Waals surface area contributed by atoms with Crippen LogP contribution < -0.4 is 0 Å². The molecule has 0 aromatic carbocycles. The second-order valence-electron chi connectivity index (χ2n) is 3.07. The average molecular weight is 238 g/mol. The molecule has 2 rings (SSSR count). The Kier molecular flexibility index (Phi) is 2.57. The van der Waals surface area contributed by atoms with E-state index < -0.39 is 16.8 Å². The van der Waals surface area contributed by atoms with Crippen LogP contribution in [0.3, 0.4) is 0 Å². The normalized spacial score (nSPS) is 10.4. The van der Waals surface area contributed by atoms with Crippen molar-refractivity contribution >= 4 is 11.9 Å². The fourth-order valence-corrected chi connectivity index (χ4v) is 1.18. The Bertz CT molecular complexity index is 522. The smallest absolute Gasteiger partial charge is 0.475 e. The van der Waals surface area contributed by atoms with Crippen LogP contribution in [0.5, 0.6) is 0 Å². The number of aromatic nitrogens is 3. The summed E-state index contributed by atoms with van der Waals surface area (Å²) in [4.78, 5) is 23.6. The molecule has 9 nitrogen and oxygen atoms in total. The molecule has 2 heterocycles. The first-order valence-electron chi connectivity index (χ1n) is 4.42. The second kappa shape index (κ2) is 4.04. The van der Waals surface area contributed by atoms with Gasteiger partial charge in [0.15, 0.2) is 0 Å². The van der Waals surface area contributed by atoms with Crippen LogP contribution >= 0.6 is 0 Å². The van der Waals surface area contributed by atoms with E-state index in [-0.39, 0.29) is 12.3 Å². The molecule has 0 aliphatic carbocycles. The predicted molar refractivity (Wildman–Crippen MR) is 51.4 cm³/mol. The molecule has 0 bridgehead atoms. The molecule has 0 amide bonds. The van der Waals surface area contributed by atoms with Gasteiger partial charge in [0.25, 0.3) is 0 Å². The minimum absolute atomic E-state index is 0.0775. The summed E-state index contributed by atoms with van der Waals surface area (Å²) in [5.74, 6) is -1.58. The number of hydrogen-bond acceptors (Lipinski definition) is 6. The van der Waals surface area contributed by atoms with E-state index in [0.717, 1.165) is 0 Å². The molecule has 0 atom stereocenters. The lowest BCUT2D eigenvalue weighted by Gasteiger charge is -1.91. The number of rotatable bonds is 4. The first-order chi connectivity index (χ1) is 8.06. The molecule has 0 unspecified atom stereocenters. The van der Waals surface area contributed by atoms with Gasteiger partial charge in [0.1, 0.15) is 12.3 Å².